The highest BCUT2D eigenvalue weighted by molar-refractivity contribution is 6.33. The van der Waals surface area contributed by atoms with Gasteiger partial charge < -0.3 is 5.11 Å². The van der Waals surface area contributed by atoms with E-state index in [1.807, 2.05) is 0 Å². The maximum atomic E-state index is 13.7. The van der Waals surface area contributed by atoms with E-state index in [0.717, 1.165) is 6.07 Å². The minimum absolute atomic E-state index is 0.113. The number of hydrogen-bond donors (Lipinski definition) is 1. The second kappa shape index (κ2) is 4.51. The van der Waals surface area contributed by atoms with Crippen molar-refractivity contribution in [3.63, 3.8) is 0 Å². The number of carboxylic acids is 1. The normalized spacial score (nSPS) is 10.2. The summed E-state index contributed by atoms with van der Waals surface area (Å²) in [5.74, 6) is -1.84. The summed E-state index contributed by atoms with van der Waals surface area (Å²) in [6, 6.07) is 6.84. The van der Waals surface area contributed by atoms with Crippen LogP contribution < -0.4 is 0 Å². The average Bonchev–Trinajstić information content (AvgIpc) is 2.30. The fourth-order valence-electron chi connectivity index (χ4n) is 1.42. The number of aromatic nitrogens is 1. The molecule has 1 heterocycles. The number of benzene rings is 1. The molecule has 0 amide bonds. The van der Waals surface area contributed by atoms with Crippen LogP contribution in [-0.2, 0) is 0 Å². The van der Waals surface area contributed by atoms with E-state index in [0.29, 0.717) is 10.7 Å². The monoisotopic (exact) mass is 251 g/mol. The topological polar surface area (TPSA) is 50.2 Å². The first-order valence-corrected chi connectivity index (χ1v) is 5.11. The standard InChI is InChI=1S/C12H7ClFNO2/c13-9-2-1-5-15-11(9)8-4-3-7(12(16)17)6-10(8)14/h1-6H,(H,16,17). The Labute approximate surface area is 101 Å². The molecule has 2 aromatic rings. The van der Waals surface area contributed by atoms with E-state index in [-0.39, 0.29) is 11.1 Å². The van der Waals surface area contributed by atoms with Crippen LogP contribution in [-0.4, -0.2) is 16.1 Å². The van der Waals surface area contributed by atoms with Crippen molar-refractivity contribution in [3.05, 3.63) is 52.9 Å². The first-order valence-electron chi connectivity index (χ1n) is 4.73. The van der Waals surface area contributed by atoms with Gasteiger partial charge in [-0.1, -0.05) is 11.6 Å². The number of rotatable bonds is 2. The van der Waals surface area contributed by atoms with E-state index in [2.05, 4.69) is 4.98 Å². The molecule has 2 rings (SSSR count). The van der Waals surface area contributed by atoms with Crippen LogP contribution in [0.15, 0.2) is 36.5 Å². The molecule has 5 heteroatoms. The van der Waals surface area contributed by atoms with Crippen molar-refractivity contribution < 1.29 is 14.3 Å². The van der Waals surface area contributed by atoms with E-state index in [4.69, 9.17) is 16.7 Å². The lowest BCUT2D eigenvalue weighted by molar-refractivity contribution is 0.0696. The Balaban J connectivity index is 2.55. The minimum atomic E-state index is -1.18. The molecule has 86 valence electrons. The second-order valence-electron chi connectivity index (χ2n) is 3.33. The van der Waals surface area contributed by atoms with E-state index >= 15 is 0 Å². The largest absolute Gasteiger partial charge is 0.478 e. The van der Waals surface area contributed by atoms with Crippen LogP contribution in [0, 0.1) is 5.82 Å². The van der Waals surface area contributed by atoms with Crippen LogP contribution in [0.5, 0.6) is 0 Å². The summed E-state index contributed by atoms with van der Waals surface area (Å²) in [6.07, 6.45) is 1.49. The van der Waals surface area contributed by atoms with E-state index in [1.54, 1.807) is 12.1 Å². The Morgan fingerprint density at radius 2 is 2.12 bits per heavy atom. The molecule has 0 saturated heterocycles. The zero-order valence-electron chi connectivity index (χ0n) is 8.52. The van der Waals surface area contributed by atoms with Crippen LogP contribution >= 0.6 is 11.6 Å². The lowest BCUT2D eigenvalue weighted by Crippen LogP contribution is -1.98. The Morgan fingerprint density at radius 3 is 2.71 bits per heavy atom. The van der Waals surface area contributed by atoms with Crippen molar-refractivity contribution in [1.82, 2.24) is 4.98 Å². The van der Waals surface area contributed by atoms with E-state index < -0.39 is 11.8 Å². The van der Waals surface area contributed by atoms with Gasteiger partial charge in [-0.15, -0.1) is 0 Å². The summed E-state index contributed by atoms with van der Waals surface area (Å²) < 4.78 is 13.7. The van der Waals surface area contributed by atoms with Gasteiger partial charge >= 0.3 is 5.97 Å². The third kappa shape index (κ3) is 2.26. The molecule has 0 bridgehead atoms. The predicted molar refractivity (Wildman–Crippen MR) is 61.6 cm³/mol. The molecule has 0 aliphatic heterocycles. The highest BCUT2D eigenvalue weighted by Gasteiger charge is 2.12. The van der Waals surface area contributed by atoms with Crippen LogP contribution in [0.25, 0.3) is 11.3 Å². The smallest absolute Gasteiger partial charge is 0.335 e. The predicted octanol–water partition coefficient (Wildman–Crippen LogP) is 3.24. The first kappa shape index (κ1) is 11.5. The molecule has 0 unspecified atom stereocenters. The van der Waals surface area contributed by atoms with E-state index in [9.17, 15) is 9.18 Å². The lowest BCUT2D eigenvalue weighted by Gasteiger charge is -2.05. The van der Waals surface area contributed by atoms with Crippen LogP contribution in [0.4, 0.5) is 4.39 Å². The zero-order valence-corrected chi connectivity index (χ0v) is 9.28. The SMILES string of the molecule is O=C(O)c1ccc(-c2ncccc2Cl)c(F)c1. The van der Waals surface area contributed by atoms with Crippen molar-refractivity contribution in [3.8, 4) is 11.3 Å². The minimum Gasteiger partial charge on any atom is -0.478 e. The molecule has 0 saturated carbocycles. The molecule has 0 spiro atoms. The summed E-state index contributed by atoms with van der Waals surface area (Å²) in [7, 11) is 0. The van der Waals surface area contributed by atoms with Crippen LogP contribution in [0.3, 0.4) is 0 Å². The highest BCUT2D eigenvalue weighted by Crippen LogP contribution is 2.27. The molecular formula is C12H7ClFNO2. The fraction of sp³-hybridized carbons (Fsp3) is 0. The maximum Gasteiger partial charge on any atom is 0.335 e. The number of halogens is 2. The number of carboxylic acid groups (broad SMARTS) is 1. The molecule has 1 N–H and O–H groups in total. The number of hydrogen-bond acceptors (Lipinski definition) is 2. The number of nitrogens with zero attached hydrogens (tertiary/aromatic N) is 1. The first-order chi connectivity index (χ1) is 8.09. The number of aromatic carboxylic acids is 1. The summed E-state index contributed by atoms with van der Waals surface area (Å²) >= 11 is 5.89. The molecule has 0 atom stereocenters. The quantitative estimate of drug-likeness (QED) is 0.891. The average molecular weight is 252 g/mol. The summed E-state index contributed by atoms with van der Waals surface area (Å²) in [5, 5.41) is 9.03. The maximum absolute atomic E-state index is 13.7. The molecule has 1 aromatic carbocycles. The van der Waals surface area contributed by atoms with Gasteiger partial charge in [-0.2, -0.15) is 0 Å². The summed E-state index contributed by atoms with van der Waals surface area (Å²) in [6.45, 7) is 0. The van der Waals surface area contributed by atoms with Crippen molar-refractivity contribution in [1.29, 1.82) is 0 Å². The van der Waals surface area contributed by atoms with Gasteiger partial charge in [-0.3, -0.25) is 4.98 Å². The molecule has 0 fully saturated rings. The van der Waals surface area contributed by atoms with Crippen LogP contribution in [0.1, 0.15) is 10.4 Å². The third-order valence-electron chi connectivity index (χ3n) is 2.23. The van der Waals surface area contributed by atoms with Gasteiger partial charge in [0.1, 0.15) is 5.82 Å². The molecule has 0 radical (unpaired) electrons. The zero-order chi connectivity index (χ0) is 12.4. The van der Waals surface area contributed by atoms with Crippen molar-refractivity contribution in [2.24, 2.45) is 0 Å². The molecule has 1 aromatic heterocycles. The molecule has 0 aliphatic carbocycles. The van der Waals surface area contributed by atoms with E-state index in [1.165, 1.54) is 18.3 Å². The van der Waals surface area contributed by atoms with Crippen molar-refractivity contribution >= 4 is 17.6 Å². The molecule has 17 heavy (non-hydrogen) atoms. The van der Waals surface area contributed by atoms with Crippen LogP contribution in [0.2, 0.25) is 5.02 Å². The third-order valence-corrected chi connectivity index (χ3v) is 2.53. The van der Waals surface area contributed by atoms with Crippen molar-refractivity contribution in [2.45, 2.75) is 0 Å². The Morgan fingerprint density at radius 1 is 1.35 bits per heavy atom. The van der Waals surface area contributed by atoms with Gasteiger partial charge in [0.15, 0.2) is 0 Å². The molecular weight excluding hydrogens is 245 g/mol. The summed E-state index contributed by atoms with van der Waals surface area (Å²) in [4.78, 5) is 14.6. The van der Waals surface area contributed by atoms with Gasteiger partial charge in [-0.25, -0.2) is 9.18 Å². The van der Waals surface area contributed by atoms with Gasteiger partial charge in [0.25, 0.3) is 0 Å². The molecule has 3 nitrogen and oxygen atoms in total. The van der Waals surface area contributed by atoms with Gasteiger partial charge in [0, 0.05) is 11.8 Å². The van der Waals surface area contributed by atoms with Gasteiger partial charge in [0.2, 0.25) is 0 Å². The number of pyridine rings is 1. The Kier molecular flexibility index (Phi) is 3.06. The lowest BCUT2D eigenvalue weighted by atomic mass is 10.1. The Bertz CT molecular complexity index is 586. The fourth-order valence-corrected chi connectivity index (χ4v) is 1.65. The van der Waals surface area contributed by atoms with Gasteiger partial charge in [0.05, 0.1) is 16.3 Å². The Hall–Kier alpha value is -1.94. The summed E-state index contributed by atoms with van der Waals surface area (Å²) in [5.41, 5.74) is 0.363. The highest BCUT2D eigenvalue weighted by atomic mass is 35.5. The second-order valence-corrected chi connectivity index (χ2v) is 3.74. The van der Waals surface area contributed by atoms with Crippen molar-refractivity contribution in [2.75, 3.05) is 0 Å². The number of carbonyl (C=O) groups is 1. The van der Waals surface area contributed by atoms with Gasteiger partial charge in [-0.05, 0) is 30.3 Å². The molecule has 0 aliphatic rings.